The lowest BCUT2D eigenvalue weighted by Gasteiger charge is -2.29. The zero-order valence-electron chi connectivity index (χ0n) is 20.7. The number of methoxy groups -OCH3 is 1. The first-order valence-corrected chi connectivity index (χ1v) is 12.8. The molecule has 2 aromatic carbocycles. The van der Waals surface area contributed by atoms with Gasteiger partial charge >= 0.3 is 5.97 Å². The second-order valence-electron chi connectivity index (χ2n) is 8.80. The third-order valence-electron chi connectivity index (χ3n) is 6.35. The number of carboxylic acid groups (broad SMARTS) is 1. The Morgan fingerprint density at radius 2 is 1.87 bits per heavy atom. The van der Waals surface area contributed by atoms with E-state index in [1.807, 2.05) is 52.1 Å². The Labute approximate surface area is 235 Å². The Morgan fingerprint density at radius 1 is 1.10 bits per heavy atom. The highest BCUT2D eigenvalue weighted by Gasteiger charge is 2.42. The van der Waals surface area contributed by atoms with Gasteiger partial charge in [0.1, 0.15) is 12.6 Å². The monoisotopic (exact) mass is 561 g/mol. The molecule has 0 aliphatic carbocycles. The maximum Gasteiger partial charge on any atom is 0.335 e. The van der Waals surface area contributed by atoms with Gasteiger partial charge in [-0.05, 0) is 78.9 Å². The summed E-state index contributed by atoms with van der Waals surface area (Å²) in [4.78, 5) is 29.9. The maximum atomic E-state index is 12.0. The van der Waals surface area contributed by atoms with Crippen LogP contribution in [-0.4, -0.2) is 45.4 Å². The van der Waals surface area contributed by atoms with E-state index in [2.05, 4.69) is 15.6 Å². The van der Waals surface area contributed by atoms with E-state index in [1.165, 1.54) is 7.11 Å². The number of halogens is 1. The first-order valence-electron chi connectivity index (χ1n) is 12.0. The number of nitrogens with zero attached hydrogens (tertiary/aromatic N) is 3. The van der Waals surface area contributed by atoms with Gasteiger partial charge in [0, 0.05) is 36.6 Å². The zero-order valence-corrected chi connectivity index (χ0v) is 22.3. The van der Waals surface area contributed by atoms with Crippen LogP contribution < -0.4 is 15.5 Å². The number of thiocarbonyl (C=S) groups is 1. The van der Waals surface area contributed by atoms with Gasteiger partial charge in [-0.2, -0.15) is 0 Å². The number of aromatic carboxylic acids is 1. The summed E-state index contributed by atoms with van der Waals surface area (Å²) < 4.78 is 6.88. The van der Waals surface area contributed by atoms with Crippen LogP contribution in [0.25, 0.3) is 5.69 Å². The largest absolute Gasteiger partial charge is 0.478 e. The molecule has 1 fully saturated rings. The lowest BCUT2D eigenvalue weighted by molar-refractivity contribution is -0.119. The zero-order chi connectivity index (χ0) is 27.5. The van der Waals surface area contributed by atoms with Crippen molar-refractivity contribution in [3.63, 3.8) is 0 Å². The molecular weight excluding hydrogens is 538 g/mol. The third-order valence-corrected chi connectivity index (χ3v) is 6.98. The summed E-state index contributed by atoms with van der Waals surface area (Å²) in [5.41, 5.74) is 3.88. The highest BCUT2D eigenvalue weighted by molar-refractivity contribution is 7.80. The van der Waals surface area contributed by atoms with Crippen LogP contribution in [0.15, 0.2) is 85.2 Å². The van der Waals surface area contributed by atoms with Gasteiger partial charge in [-0.3, -0.25) is 9.78 Å². The Hall–Kier alpha value is -4.25. The van der Waals surface area contributed by atoms with Crippen molar-refractivity contribution >= 4 is 52.2 Å². The van der Waals surface area contributed by atoms with E-state index in [0.29, 0.717) is 15.8 Å². The second-order valence-corrected chi connectivity index (χ2v) is 9.59. The second kappa shape index (κ2) is 11.2. The number of pyridine rings is 1. The van der Waals surface area contributed by atoms with E-state index >= 15 is 0 Å². The van der Waals surface area contributed by atoms with Crippen molar-refractivity contribution in [1.82, 2.24) is 14.9 Å². The van der Waals surface area contributed by atoms with Gasteiger partial charge in [0.15, 0.2) is 5.11 Å². The van der Waals surface area contributed by atoms with E-state index in [-0.39, 0.29) is 30.2 Å². The molecule has 3 N–H and O–H groups in total. The SMILES string of the molecule is COCC(=O)Nc1ccc(N2C(=S)N[C@H](c3ccccn3)[C@H]2c2cccn2-c2ccc(C(=O)O)cc2)cc1Cl. The van der Waals surface area contributed by atoms with Crippen LogP contribution in [0.3, 0.4) is 0 Å². The number of carbonyl (C=O) groups excluding carboxylic acids is 1. The molecule has 4 aromatic rings. The molecule has 11 heteroatoms. The number of rotatable bonds is 8. The fourth-order valence-corrected chi connectivity index (χ4v) is 5.21. The summed E-state index contributed by atoms with van der Waals surface area (Å²) in [7, 11) is 1.44. The lowest BCUT2D eigenvalue weighted by atomic mass is 10.0. The molecular formula is C28H24ClN5O4S. The number of ether oxygens (including phenoxy) is 1. The normalized spacial score (nSPS) is 16.7. The molecule has 0 bridgehead atoms. The van der Waals surface area contributed by atoms with Gasteiger partial charge in [0.05, 0.1) is 28.0 Å². The number of anilines is 2. The van der Waals surface area contributed by atoms with Crippen molar-refractivity contribution in [2.75, 3.05) is 23.9 Å². The molecule has 5 rings (SSSR count). The highest BCUT2D eigenvalue weighted by Crippen LogP contribution is 2.43. The van der Waals surface area contributed by atoms with Gasteiger partial charge in [-0.25, -0.2) is 4.79 Å². The minimum atomic E-state index is -0.986. The van der Waals surface area contributed by atoms with Crippen molar-refractivity contribution < 1.29 is 19.4 Å². The number of amides is 1. The fraction of sp³-hybridized carbons (Fsp3) is 0.143. The average Bonchev–Trinajstić information content (AvgIpc) is 3.55. The van der Waals surface area contributed by atoms with Crippen molar-refractivity contribution in [3.8, 4) is 5.69 Å². The summed E-state index contributed by atoms with van der Waals surface area (Å²) in [6.45, 7) is -0.0868. The smallest absolute Gasteiger partial charge is 0.335 e. The van der Waals surface area contributed by atoms with Crippen molar-refractivity contribution in [2.24, 2.45) is 0 Å². The average molecular weight is 562 g/mol. The minimum absolute atomic E-state index is 0.0868. The summed E-state index contributed by atoms with van der Waals surface area (Å²) in [5.74, 6) is -1.30. The van der Waals surface area contributed by atoms with Crippen LogP contribution in [0, 0.1) is 0 Å². The van der Waals surface area contributed by atoms with E-state index in [0.717, 1.165) is 22.8 Å². The summed E-state index contributed by atoms with van der Waals surface area (Å²) >= 11 is 12.4. The molecule has 0 radical (unpaired) electrons. The molecule has 0 unspecified atom stereocenters. The Bertz CT molecular complexity index is 1530. The third kappa shape index (κ3) is 5.35. The predicted molar refractivity (Wildman–Crippen MR) is 153 cm³/mol. The topological polar surface area (TPSA) is 109 Å². The maximum absolute atomic E-state index is 12.0. The van der Waals surface area contributed by atoms with Crippen molar-refractivity contribution in [3.05, 3.63) is 107 Å². The van der Waals surface area contributed by atoms with Crippen LogP contribution in [-0.2, 0) is 9.53 Å². The Morgan fingerprint density at radius 3 is 2.54 bits per heavy atom. The number of nitrogens with one attached hydrogen (secondary N) is 2. The number of benzene rings is 2. The molecule has 198 valence electrons. The fourth-order valence-electron chi connectivity index (χ4n) is 4.64. The van der Waals surface area contributed by atoms with E-state index in [4.69, 9.17) is 28.6 Å². The quantitative estimate of drug-likeness (QED) is 0.258. The molecule has 9 nitrogen and oxygen atoms in total. The first-order chi connectivity index (χ1) is 18.9. The summed E-state index contributed by atoms with van der Waals surface area (Å²) in [6, 6.07) is 21.0. The standard InChI is InChI=1S/C28H24ClN5O4S/c1-38-16-24(35)31-21-12-11-19(15-20(21)29)34-26(25(32-28(34)39)22-5-2-3-13-30-22)23-6-4-14-33(23)18-9-7-17(8-10-18)27(36)37/h2-15,25-26H,16H2,1H3,(H,31,35)(H,32,39)(H,36,37)/t25-,26-/m1/s1. The van der Waals surface area contributed by atoms with Crippen LogP contribution >= 0.6 is 23.8 Å². The van der Waals surface area contributed by atoms with Gasteiger partial charge in [-0.1, -0.05) is 17.7 Å². The molecule has 1 amide bonds. The Balaban J connectivity index is 1.58. The highest BCUT2D eigenvalue weighted by atomic mass is 35.5. The molecule has 39 heavy (non-hydrogen) atoms. The van der Waals surface area contributed by atoms with Crippen LogP contribution in [0.4, 0.5) is 11.4 Å². The molecule has 3 heterocycles. The van der Waals surface area contributed by atoms with E-state index < -0.39 is 5.97 Å². The molecule has 0 saturated carbocycles. The number of hydrogen-bond acceptors (Lipinski definition) is 5. The summed E-state index contributed by atoms with van der Waals surface area (Å²) in [6.07, 6.45) is 3.65. The Kier molecular flexibility index (Phi) is 7.60. The molecule has 1 aliphatic heterocycles. The molecule has 2 atom stereocenters. The van der Waals surface area contributed by atoms with Crippen LogP contribution in [0.1, 0.15) is 33.8 Å². The number of aromatic nitrogens is 2. The minimum Gasteiger partial charge on any atom is -0.478 e. The van der Waals surface area contributed by atoms with Crippen molar-refractivity contribution in [1.29, 1.82) is 0 Å². The van der Waals surface area contributed by atoms with Crippen LogP contribution in [0.2, 0.25) is 5.02 Å². The molecule has 1 saturated heterocycles. The molecule has 2 aromatic heterocycles. The van der Waals surface area contributed by atoms with Crippen LogP contribution in [0.5, 0.6) is 0 Å². The van der Waals surface area contributed by atoms with Gasteiger partial charge in [0.25, 0.3) is 0 Å². The number of hydrogen-bond donors (Lipinski definition) is 3. The van der Waals surface area contributed by atoms with Gasteiger partial charge < -0.3 is 29.9 Å². The molecule has 0 spiro atoms. The lowest BCUT2D eigenvalue weighted by Crippen LogP contribution is -2.30. The summed E-state index contributed by atoms with van der Waals surface area (Å²) in [5, 5.41) is 16.3. The number of carboxylic acids is 1. The molecule has 1 aliphatic rings. The predicted octanol–water partition coefficient (Wildman–Crippen LogP) is 4.99. The van der Waals surface area contributed by atoms with Gasteiger partial charge in [0.2, 0.25) is 5.91 Å². The van der Waals surface area contributed by atoms with Gasteiger partial charge in [-0.15, -0.1) is 0 Å². The van der Waals surface area contributed by atoms with Crippen molar-refractivity contribution in [2.45, 2.75) is 12.1 Å². The first kappa shape index (κ1) is 26.4. The van der Waals surface area contributed by atoms with E-state index in [1.54, 1.807) is 42.6 Å². The number of carbonyl (C=O) groups is 2. The van der Waals surface area contributed by atoms with E-state index in [9.17, 15) is 14.7 Å².